The minimum absolute atomic E-state index is 0.148. The highest BCUT2D eigenvalue weighted by Crippen LogP contribution is 2.31. The number of ether oxygens (including phenoxy) is 2. The molecule has 150 valence electrons. The molecule has 0 radical (unpaired) electrons. The summed E-state index contributed by atoms with van der Waals surface area (Å²) in [6.45, 7) is 4.67. The average molecular weight is 403 g/mol. The van der Waals surface area contributed by atoms with Gasteiger partial charge in [0.25, 0.3) is 0 Å². The fraction of sp³-hybridized carbons (Fsp3) is 0.476. The van der Waals surface area contributed by atoms with Crippen molar-refractivity contribution in [3.05, 3.63) is 35.3 Å². The minimum Gasteiger partial charge on any atom is -0.494 e. The van der Waals surface area contributed by atoms with Gasteiger partial charge in [-0.3, -0.25) is 4.79 Å². The minimum atomic E-state index is -0.874. The molecule has 6 nitrogen and oxygen atoms in total. The summed E-state index contributed by atoms with van der Waals surface area (Å²) < 4.78 is 10.6. The van der Waals surface area contributed by atoms with Crippen molar-refractivity contribution in [2.45, 2.75) is 51.5 Å². The van der Waals surface area contributed by atoms with Crippen LogP contribution in [0.15, 0.2) is 29.6 Å². The molecule has 0 saturated heterocycles. The molecule has 1 heterocycles. The molecule has 1 aromatic heterocycles. The molecule has 1 N–H and O–H groups in total. The van der Waals surface area contributed by atoms with E-state index in [2.05, 4.69) is 10.3 Å². The van der Waals surface area contributed by atoms with E-state index in [1.807, 2.05) is 36.6 Å². The lowest BCUT2D eigenvalue weighted by molar-refractivity contribution is -0.153. The fourth-order valence-electron chi connectivity index (χ4n) is 3.48. The second-order valence-electron chi connectivity index (χ2n) is 6.84. The molecule has 1 saturated carbocycles. The van der Waals surface area contributed by atoms with Gasteiger partial charge in [0.1, 0.15) is 16.3 Å². The standard InChI is InChI=1S/C21H26N2O4S/c1-3-26-17-9-7-15(8-10-17)19-22-16(14-28-19)13-18(24)23-21(11-5-6-12-21)20(25)27-4-2/h7-10,14H,3-6,11-13H2,1-2H3,(H,23,24). The van der Waals surface area contributed by atoms with Crippen LogP contribution in [0.3, 0.4) is 0 Å². The van der Waals surface area contributed by atoms with Crippen molar-refractivity contribution in [2.75, 3.05) is 13.2 Å². The first-order valence-electron chi connectivity index (χ1n) is 9.72. The predicted octanol–water partition coefficient (Wildman–Crippen LogP) is 3.74. The lowest BCUT2D eigenvalue weighted by Gasteiger charge is -2.27. The summed E-state index contributed by atoms with van der Waals surface area (Å²) in [5, 5.41) is 5.67. The van der Waals surface area contributed by atoms with Crippen molar-refractivity contribution in [2.24, 2.45) is 0 Å². The number of benzene rings is 1. The summed E-state index contributed by atoms with van der Waals surface area (Å²) in [6, 6.07) is 7.75. The van der Waals surface area contributed by atoms with E-state index in [1.165, 1.54) is 11.3 Å². The van der Waals surface area contributed by atoms with Crippen LogP contribution in [0, 0.1) is 0 Å². The molecule has 0 aliphatic heterocycles. The summed E-state index contributed by atoms with van der Waals surface area (Å²) in [6.07, 6.45) is 3.24. The first-order chi connectivity index (χ1) is 13.6. The predicted molar refractivity (Wildman–Crippen MR) is 108 cm³/mol. The highest BCUT2D eigenvalue weighted by atomic mass is 32.1. The van der Waals surface area contributed by atoms with Gasteiger partial charge in [0, 0.05) is 10.9 Å². The number of nitrogens with zero attached hydrogens (tertiary/aromatic N) is 1. The third kappa shape index (κ3) is 4.70. The zero-order chi connectivity index (χ0) is 20.0. The number of amides is 1. The smallest absolute Gasteiger partial charge is 0.331 e. The van der Waals surface area contributed by atoms with E-state index >= 15 is 0 Å². The van der Waals surface area contributed by atoms with Gasteiger partial charge in [-0.05, 0) is 51.0 Å². The molecule has 0 unspecified atom stereocenters. The number of hydrogen-bond donors (Lipinski definition) is 1. The Balaban J connectivity index is 1.64. The average Bonchev–Trinajstić information content (AvgIpc) is 3.33. The molecular weight excluding hydrogens is 376 g/mol. The summed E-state index contributed by atoms with van der Waals surface area (Å²) >= 11 is 1.50. The molecule has 28 heavy (non-hydrogen) atoms. The first-order valence-corrected chi connectivity index (χ1v) is 10.6. The third-order valence-electron chi connectivity index (χ3n) is 4.81. The maximum Gasteiger partial charge on any atom is 0.331 e. The Morgan fingerprint density at radius 2 is 1.86 bits per heavy atom. The second kappa shape index (κ2) is 9.19. The van der Waals surface area contributed by atoms with Crippen LogP contribution >= 0.6 is 11.3 Å². The topological polar surface area (TPSA) is 77.5 Å². The van der Waals surface area contributed by atoms with Crippen molar-refractivity contribution >= 4 is 23.2 Å². The van der Waals surface area contributed by atoms with E-state index in [-0.39, 0.29) is 18.3 Å². The number of nitrogens with one attached hydrogen (secondary N) is 1. The highest BCUT2D eigenvalue weighted by Gasteiger charge is 2.43. The largest absolute Gasteiger partial charge is 0.494 e. The van der Waals surface area contributed by atoms with Crippen molar-refractivity contribution in [3.63, 3.8) is 0 Å². The molecule has 1 aromatic carbocycles. The van der Waals surface area contributed by atoms with Crippen LogP contribution in [0.25, 0.3) is 10.6 Å². The first kappa shape index (κ1) is 20.3. The highest BCUT2D eigenvalue weighted by molar-refractivity contribution is 7.13. The zero-order valence-corrected chi connectivity index (χ0v) is 17.1. The Bertz CT molecular complexity index is 810. The van der Waals surface area contributed by atoms with Crippen molar-refractivity contribution < 1.29 is 19.1 Å². The molecule has 1 aliphatic rings. The molecule has 0 atom stereocenters. The van der Waals surface area contributed by atoms with E-state index in [4.69, 9.17) is 9.47 Å². The Hall–Kier alpha value is -2.41. The molecular formula is C21H26N2O4S. The molecule has 3 rings (SSSR count). The van der Waals surface area contributed by atoms with Gasteiger partial charge in [0.2, 0.25) is 5.91 Å². The van der Waals surface area contributed by atoms with Gasteiger partial charge in [0.15, 0.2) is 0 Å². The molecule has 2 aromatic rings. The molecule has 0 spiro atoms. The second-order valence-corrected chi connectivity index (χ2v) is 7.69. The SMILES string of the molecule is CCOC(=O)C1(NC(=O)Cc2csc(-c3ccc(OCC)cc3)n2)CCCC1. The monoisotopic (exact) mass is 402 g/mol. The normalized spacial score (nSPS) is 15.2. The van der Waals surface area contributed by atoms with Crippen LogP contribution in [0.4, 0.5) is 0 Å². The number of esters is 1. The summed E-state index contributed by atoms with van der Waals surface area (Å²) in [5.74, 6) is 0.302. The Kier molecular flexibility index (Phi) is 6.67. The van der Waals surface area contributed by atoms with E-state index in [1.54, 1.807) is 6.92 Å². The Morgan fingerprint density at radius 3 is 2.50 bits per heavy atom. The van der Waals surface area contributed by atoms with Crippen LogP contribution in [-0.4, -0.2) is 35.6 Å². The van der Waals surface area contributed by atoms with E-state index in [0.29, 0.717) is 31.7 Å². The van der Waals surface area contributed by atoms with Crippen LogP contribution in [0.2, 0.25) is 0 Å². The number of aromatic nitrogens is 1. The maximum absolute atomic E-state index is 12.6. The fourth-order valence-corrected chi connectivity index (χ4v) is 4.31. The number of rotatable bonds is 8. The van der Waals surface area contributed by atoms with E-state index in [9.17, 15) is 9.59 Å². The van der Waals surface area contributed by atoms with Gasteiger partial charge >= 0.3 is 5.97 Å². The Labute approximate surface area is 169 Å². The van der Waals surface area contributed by atoms with Gasteiger partial charge in [-0.25, -0.2) is 9.78 Å². The summed E-state index contributed by atoms with van der Waals surface area (Å²) in [4.78, 5) is 29.5. The third-order valence-corrected chi connectivity index (χ3v) is 5.75. The van der Waals surface area contributed by atoms with Crippen LogP contribution in [0.5, 0.6) is 5.75 Å². The quantitative estimate of drug-likeness (QED) is 0.681. The van der Waals surface area contributed by atoms with E-state index < -0.39 is 5.54 Å². The van der Waals surface area contributed by atoms with E-state index in [0.717, 1.165) is 29.2 Å². The van der Waals surface area contributed by atoms with Crippen LogP contribution < -0.4 is 10.1 Å². The molecule has 7 heteroatoms. The summed E-state index contributed by atoms with van der Waals surface area (Å²) in [7, 11) is 0. The van der Waals surface area contributed by atoms with Crippen LogP contribution in [0.1, 0.15) is 45.2 Å². The lowest BCUT2D eigenvalue weighted by atomic mass is 9.97. The van der Waals surface area contributed by atoms with Crippen molar-refractivity contribution in [1.29, 1.82) is 0 Å². The van der Waals surface area contributed by atoms with Gasteiger partial charge in [-0.15, -0.1) is 11.3 Å². The number of thiazole rings is 1. The Morgan fingerprint density at radius 1 is 1.14 bits per heavy atom. The number of carbonyl (C=O) groups excluding carboxylic acids is 2. The number of carbonyl (C=O) groups is 2. The molecule has 1 amide bonds. The van der Waals surface area contributed by atoms with Crippen molar-refractivity contribution in [3.8, 4) is 16.3 Å². The van der Waals surface area contributed by atoms with Crippen LogP contribution in [-0.2, 0) is 20.7 Å². The van der Waals surface area contributed by atoms with Gasteiger partial charge < -0.3 is 14.8 Å². The molecule has 0 bridgehead atoms. The summed E-state index contributed by atoms with van der Waals surface area (Å²) in [5.41, 5.74) is 0.809. The van der Waals surface area contributed by atoms with Gasteiger partial charge in [-0.2, -0.15) is 0 Å². The van der Waals surface area contributed by atoms with Gasteiger partial charge in [0.05, 0.1) is 25.3 Å². The lowest BCUT2D eigenvalue weighted by Crippen LogP contribution is -2.53. The number of hydrogen-bond acceptors (Lipinski definition) is 6. The van der Waals surface area contributed by atoms with Crippen molar-refractivity contribution in [1.82, 2.24) is 10.3 Å². The van der Waals surface area contributed by atoms with Gasteiger partial charge in [-0.1, -0.05) is 12.8 Å². The molecule has 1 fully saturated rings. The maximum atomic E-state index is 12.6. The molecule has 1 aliphatic carbocycles. The zero-order valence-electron chi connectivity index (χ0n) is 16.3.